The van der Waals surface area contributed by atoms with Crippen LogP contribution >= 0.6 is 0 Å². The SMILES string of the molecule is COc1ccc2c(c1)=C/C(=C\c1c(-c3ccco3)[nH][nH]c1=O)N=2. The first kappa shape index (κ1) is 13.4. The van der Waals surface area contributed by atoms with Gasteiger partial charge in [0.15, 0.2) is 5.76 Å². The molecule has 0 aliphatic carbocycles. The van der Waals surface area contributed by atoms with E-state index in [1.165, 1.54) is 0 Å². The third-order valence-corrected chi connectivity index (χ3v) is 3.66. The summed E-state index contributed by atoms with van der Waals surface area (Å²) in [5.74, 6) is 1.36. The minimum atomic E-state index is -0.221. The van der Waals surface area contributed by atoms with E-state index in [1.54, 1.807) is 31.6 Å². The fourth-order valence-corrected chi connectivity index (χ4v) is 2.55. The highest BCUT2D eigenvalue weighted by atomic mass is 16.5. The Hall–Kier alpha value is -3.28. The summed E-state index contributed by atoms with van der Waals surface area (Å²) in [5.41, 5.74) is 1.56. The maximum atomic E-state index is 12.0. The van der Waals surface area contributed by atoms with Gasteiger partial charge >= 0.3 is 0 Å². The lowest BCUT2D eigenvalue weighted by molar-refractivity contribution is 0.414. The Morgan fingerprint density at radius 1 is 1.26 bits per heavy atom. The van der Waals surface area contributed by atoms with Crippen LogP contribution in [0.25, 0.3) is 23.6 Å². The average Bonchev–Trinajstić information content (AvgIpc) is 3.27. The lowest BCUT2D eigenvalue weighted by atomic mass is 10.1. The number of ether oxygens (including phenoxy) is 1. The Labute approximate surface area is 130 Å². The van der Waals surface area contributed by atoms with Crippen LogP contribution in [0, 0.1) is 0 Å². The Kier molecular flexibility index (Phi) is 3.01. The fourth-order valence-electron chi connectivity index (χ4n) is 2.55. The zero-order valence-electron chi connectivity index (χ0n) is 12.3. The van der Waals surface area contributed by atoms with Crippen molar-refractivity contribution >= 4 is 12.2 Å². The van der Waals surface area contributed by atoms with E-state index in [0.29, 0.717) is 22.7 Å². The van der Waals surface area contributed by atoms with Crippen LogP contribution < -0.4 is 20.9 Å². The van der Waals surface area contributed by atoms with Crippen LogP contribution in [-0.2, 0) is 0 Å². The minimum Gasteiger partial charge on any atom is -0.497 e. The van der Waals surface area contributed by atoms with Crippen molar-refractivity contribution in [3.05, 3.63) is 68.8 Å². The van der Waals surface area contributed by atoms with Crippen molar-refractivity contribution in [3.8, 4) is 17.2 Å². The minimum absolute atomic E-state index is 0.221. The highest BCUT2D eigenvalue weighted by Gasteiger charge is 2.13. The van der Waals surface area contributed by atoms with Crippen molar-refractivity contribution in [1.29, 1.82) is 0 Å². The summed E-state index contributed by atoms with van der Waals surface area (Å²) in [4.78, 5) is 16.6. The van der Waals surface area contributed by atoms with Gasteiger partial charge in [-0.3, -0.25) is 15.0 Å². The molecule has 2 aromatic heterocycles. The van der Waals surface area contributed by atoms with Gasteiger partial charge in [-0.05, 0) is 42.5 Å². The van der Waals surface area contributed by atoms with Crippen LogP contribution in [0.1, 0.15) is 5.56 Å². The number of allylic oxidation sites excluding steroid dienone is 1. The van der Waals surface area contributed by atoms with Gasteiger partial charge in [-0.2, -0.15) is 0 Å². The number of aromatic amines is 2. The number of furan rings is 1. The highest BCUT2D eigenvalue weighted by Crippen LogP contribution is 2.21. The molecule has 1 aromatic carbocycles. The van der Waals surface area contributed by atoms with Crippen LogP contribution in [0.15, 0.2) is 56.5 Å². The number of fused-ring (bicyclic) bond motifs is 1. The van der Waals surface area contributed by atoms with Crippen molar-refractivity contribution in [3.63, 3.8) is 0 Å². The van der Waals surface area contributed by atoms with Crippen molar-refractivity contribution in [2.45, 2.75) is 0 Å². The summed E-state index contributed by atoms with van der Waals surface area (Å²) in [5, 5.41) is 7.23. The molecule has 6 nitrogen and oxygen atoms in total. The summed E-state index contributed by atoms with van der Waals surface area (Å²) < 4.78 is 10.6. The standard InChI is InChI=1S/C17H13N3O3/c1-22-12-4-5-14-10(8-12)7-11(18-14)9-13-16(19-20-17(13)21)15-3-2-6-23-15/h2-9H,1H3,(H2,19,20,21)/b11-9+. The summed E-state index contributed by atoms with van der Waals surface area (Å²) in [6.45, 7) is 0. The van der Waals surface area contributed by atoms with E-state index in [-0.39, 0.29) is 5.56 Å². The number of nitrogens with zero attached hydrogens (tertiary/aromatic N) is 1. The van der Waals surface area contributed by atoms with Gasteiger partial charge in [-0.25, -0.2) is 4.99 Å². The van der Waals surface area contributed by atoms with E-state index in [1.807, 2.05) is 24.3 Å². The lowest BCUT2D eigenvalue weighted by Crippen LogP contribution is -2.20. The molecule has 114 valence electrons. The van der Waals surface area contributed by atoms with Gasteiger partial charge in [-0.15, -0.1) is 0 Å². The molecule has 6 heteroatoms. The van der Waals surface area contributed by atoms with E-state index in [4.69, 9.17) is 9.15 Å². The molecule has 0 atom stereocenters. The average molecular weight is 307 g/mol. The molecular formula is C17H13N3O3. The quantitative estimate of drug-likeness (QED) is 0.768. The molecule has 23 heavy (non-hydrogen) atoms. The van der Waals surface area contributed by atoms with Crippen LogP contribution in [0.2, 0.25) is 0 Å². The zero-order valence-corrected chi connectivity index (χ0v) is 12.3. The molecule has 0 spiro atoms. The second-order valence-electron chi connectivity index (χ2n) is 5.10. The molecule has 0 bridgehead atoms. The lowest BCUT2D eigenvalue weighted by Gasteiger charge is -1.95. The molecular weight excluding hydrogens is 294 g/mol. The summed E-state index contributed by atoms with van der Waals surface area (Å²) >= 11 is 0. The molecule has 0 saturated carbocycles. The van der Waals surface area contributed by atoms with Crippen LogP contribution in [0.4, 0.5) is 0 Å². The first-order chi connectivity index (χ1) is 11.2. The molecule has 1 aliphatic heterocycles. The van der Waals surface area contributed by atoms with Crippen LogP contribution in [0.5, 0.6) is 5.75 Å². The van der Waals surface area contributed by atoms with Crippen LogP contribution in [0.3, 0.4) is 0 Å². The predicted molar refractivity (Wildman–Crippen MR) is 85.3 cm³/mol. The zero-order chi connectivity index (χ0) is 15.8. The van der Waals surface area contributed by atoms with Gasteiger partial charge < -0.3 is 9.15 Å². The van der Waals surface area contributed by atoms with Gasteiger partial charge in [0.2, 0.25) is 0 Å². The van der Waals surface area contributed by atoms with E-state index in [9.17, 15) is 4.79 Å². The summed E-state index contributed by atoms with van der Waals surface area (Å²) in [6, 6.07) is 9.22. The third kappa shape index (κ3) is 2.30. The molecule has 0 unspecified atom stereocenters. The summed E-state index contributed by atoms with van der Waals surface area (Å²) in [7, 11) is 1.62. The van der Waals surface area contributed by atoms with Crippen molar-refractivity contribution in [1.82, 2.24) is 10.2 Å². The molecule has 3 aromatic rings. The van der Waals surface area contributed by atoms with Crippen molar-refractivity contribution in [2.75, 3.05) is 7.11 Å². The number of hydrogen-bond acceptors (Lipinski definition) is 4. The Balaban J connectivity index is 1.83. The van der Waals surface area contributed by atoms with E-state index < -0.39 is 0 Å². The van der Waals surface area contributed by atoms with Crippen molar-refractivity contribution in [2.24, 2.45) is 4.99 Å². The number of nitrogens with one attached hydrogen (secondary N) is 2. The monoisotopic (exact) mass is 307 g/mol. The van der Waals surface area contributed by atoms with Gasteiger partial charge in [0, 0.05) is 5.22 Å². The molecule has 4 rings (SSSR count). The number of H-pyrrole nitrogens is 2. The largest absolute Gasteiger partial charge is 0.497 e. The van der Waals surface area contributed by atoms with Gasteiger partial charge in [0.25, 0.3) is 5.56 Å². The first-order valence-corrected chi connectivity index (χ1v) is 7.05. The van der Waals surface area contributed by atoms with Gasteiger partial charge in [0.05, 0.1) is 30.0 Å². The fraction of sp³-hybridized carbons (Fsp3) is 0.0588. The third-order valence-electron chi connectivity index (χ3n) is 3.66. The predicted octanol–water partition coefficient (Wildman–Crippen LogP) is 1.43. The second kappa shape index (κ2) is 5.17. The number of benzene rings is 1. The normalized spacial score (nSPS) is 14.4. The highest BCUT2D eigenvalue weighted by molar-refractivity contribution is 5.73. The number of rotatable bonds is 3. The molecule has 0 amide bonds. The van der Waals surface area contributed by atoms with E-state index in [0.717, 1.165) is 16.3 Å². The summed E-state index contributed by atoms with van der Waals surface area (Å²) in [6.07, 6.45) is 5.21. The first-order valence-electron chi connectivity index (χ1n) is 7.05. The number of methoxy groups -OCH3 is 1. The van der Waals surface area contributed by atoms with Crippen LogP contribution in [-0.4, -0.2) is 17.3 Å². The van der Waals surface area contributed by atoms with E-state index in [2.05, 4.69) is 15.2 Å². The maximum absolute atomic E-state index is 12.0. The van der Waals surface area contributed by atoms with E-state index >= 15 is 0 Å². The maximum Gasteiger partial charge on any atom is 0.272 e. The Morgan fingerprint density at radius 3 is 2.96 bits per heavy atom. The molecule has 0 fully saturated rings. The topological polar surface area (TPSA) is 83.4 Å². The molecule has 0 radical (unpaired) electrons. The molecule has 0 saturated heterocycles. The molecule has 3 heterocycles. The Bertz CT molecular complexity index is 1070. The number of hydrogen-bond donors (Lipinski definition) is 2. The van der Waals surface area contributed by atoms with Crippen molar-refractivity contribution < 1.29 is 9.15 Å². The molecule has 2 N–H and O–H groups in total. The van der Waals surface area contributed by atoms with Gasteiger partial charge in [0.1, 0.15) is 11.4 Å². The number of aromatic nitrogens is 2. The second-order valence-corrected chi connectivity index (χ2v) is 5.10. The smallest absolute Gasteiger partial charge is 0.272 e. The molecule has 1 aliphatic rings. The van der Waals surface area contributed by atoms with Gasteiger partial charge in [-0.1, -0.05) is 0 Å². The Morgan fingerprint density at radius 2 is 2.17 bits per heavy atom.